The molecule has 9 heteroatoms. The van der Waals surface area contributed by atoms with E-state index >= 15 is 0 Å². The normalized spacial score (nSPS) is 15.6. The summed E-state index contributed by atoms with van der Waals surface area (Å²) in [6.07, 6.45) is 8.22. The summed E-state index contributed by atoms with van der Waals surface area (Å²) >= 11 is 0. The lowest BCUT2D eigenvalue weighted by atomic mass is 10.1. The molecule has 3 aromatic rings. The molecule has 1 aliphatic heterocycles. The van der Waals surface area contributed by atoms with Crippen LogP contribution in [0.15, 0.2) is 60.2 Å². The van der Waals surface area contributed by atoms with Gasteiger partial charge in [0, 0.05) is 49.8 Å². The number of benzene rings is 1. The molecule has 1 aliphatic rings. The third-order valence-electron chi connectivity index (χ3n) is 5.51. The Bertz CT molecular complexity index is 1050. The van der Waals surface area contributed by atoms with E-state index in [9.17, 15) is 0 Å². The standard InChI is InChI=1S/C25H32N6O2.HI/c1-3-27-25(29-14-20-6-8-28-24(13-20)31-10-9-26-18-31)30-15-22-5-4-19(2)12-23(22)33-17-21-7-11-32-16-21;/h4-6,8-10,12-13,18,21H,3,7,11,14-17H2,1-2H3,(H2,27,29,30);1H. The number of nitrogens with one attached hydrogen (secondary N) is 2. The topological polar surface area (TPSA) is 85.6 Å². The Morgan fingerprint density at radius 2 is 2.15 bits per heavy atom. The molecule has 3 heterocycles. The smallest absolute Gasteiger partial charge is 0.191 e. The van der Waals surface area contributed by atoms with Crippen LogP contribution < -0.4 is 15.4 Å². The Labute approximate surface area is 218 Å². The van der Waals surface area contributed by atoms with Crippen LogP contribution in [-0.2, 0) is 17.8 Å². The van der Waals surface area contributed by atoms with Crippen molar-refractivity contribution in [2.75, 3.05) is 26.4 Å². The minimum Gasteiger partial charge on any atom is -0.493 e. The van der Waals surface area contributed by atoms with Crippen molar-refractivity contribution in [3.63, 3.8) is 0 Å². The first kappa shape index (κ1) is 26.0. The number of guanidine groups is 1. The Hall–Kier alpha value is -2.66. The molecule has 0 spiro atoms. The largest absolute Gasteiger partial charge is 0.493 e. The number of aryl methyl sites for hydroxylation is 1. The number of hydrogen-bond donors (Lipinski definition) is 2. The summed E-state index contributed by atoms with van der Waals surface area (Å²) in [5.74, 6) is 2.98. The maximum atomic E-state index is 6.18. The number of pyridine rings is 1. The van der Waals surface area contributed by atoms with Crippen molar-refractivity contribution in [3.8, 4) is 11.6 Å². The summed E-state index contributed by atoms with van der Waals surface area (Å²) < 4.78 is 13.5. The molecule has 0 aliphatic carbocycles. The van der Waals surface area contributed by atoms with Crippen LogP contribution in [0.4, 0.5) is 0 Å². The van der Waals surface area contributed by atoms with E-state index in [4.69, 9.17) is 14.5 Å². The van der Waals surface area contributed by atoms with Crippen LogP contribution in [0.5, 0.6) is 5.75 Å². The Morgan fingerprint density at radius 3 is 2.91 bits per heavy atom. The van der Waals surface area contributed by atoms with Gasteiger partial charge in [0.2, 0.25) is 0 Å². The molecule has 34 heavy (non-hydrogen) atoms. The van der Waals surface area contributed by atoms with Crippen molar-refractivity contribution in [1.29, 1.82) is 0 Å². The second-order valence-corrected chi connectivity index (χ2v) is 8.19. The van der Waals surface area contributed by atoms with E-state index in [2.05, 4.69) is 52.6 Å². The first-order chi connectivity index (χ1) is 16.2. The van der Waals surface area contributed by atoms with Gasteiger partial charge in [-0.2, -0.15) is 0 Å². The number of aromatic nitrogens is 3. The quantitative estimate of drug-likeness (QED) is 0.229. The SMILES string of the molecule is CCNC(=NCc1ccnc(-n2ccnc2)c1)NCc1ccc(C)cc1OCC1CCOC1.I. The van der Waals surface area contributed by atoms with E-state index in [0.29, 0.717) is 25.6 Å². The zero-order valence-corrected chi connectivity index (χ0v) is 22.1. The molecular formula is C25H33IN6O2. The minimum absolute atomic E-state index is 0. The number of aliphatic imine (C=N–C) groups is 1. The first-order valence-corrected chi connectivity index (χ1v) is 11.5. The van der Waals surface area contributed by atoms with Crippen LogP contribution in [-0.4, -0.2) is 46.9 Å². The average molecular weight is 576 g/mol. The molecule has 1 saturated heterocycles. The second kappa shape index (κ2) is 13.3. The second-order valence-electron chi connectivity index (χ2n) is 8.19. The van der Waals surface area contributed by atoms with Crippen molar-refractivity contribution in [2.45, 2.75) is 33.4 Å². The summed E-state index contributed by atoms with van der Waals surface area (Å²) in [5.41, 5.74) is 3.36. The predicted molar refractivity (Wildman–Crippen MR) is 144 cm³/mol. The van der Waals surface area contributed by atoms with Gasteiger partial charge in [-0.05, 0) is 49.6 Å². The van der Waals surface area contributed by atoms with Gasteiger partial charge in [-0.3, -0.25) is 4.57 Å². The molecular weight excluding hydrogens is 543 g/mol. The monoisotopic (exact) mass is 576 g/mol. The first-order valence-electron chi connectivity index (χ1n) is 11.5. The molecule has 1 unspecified atom stereocenters. The van der Waals surface area contributed by atoms with E-state index in [1.807, 2.05) is 22.9 Å². The predicted octanol–water partition coefficient (Wildman–Crippen LogP) is 3.86. The highest BCUT2D eigenvalue weighted by Gasteiger charge is 2.17. The van der Waals surface area contributed by atoms with E-state index < -0.39 is 0 Å². The Morgan fingerprint density at radius 1 is 1.24 bits per heavy atom. The average Bonchev–Trinajstić information content (AvgIpc) is 3.55. The molecule has 0 bridgehead atoms. The lowest BCUT2D eigenvalue weighted by Gasteiger charge is -2.17. The van der Waals surface area contributed by atoms with Crippen LogP contribution >= 0.6 is 24.0 Å². The molecule has 1 fully saturated rings. The van der Waals surface area contributed by atoms with E-state index in [0.717, 1.165) is 54.8 Å². The lowest BCUT2D eigenvalue weighted by Crippen LogP contribution is -2.36. The fourth-order valence-corrected chi connectivity index (χ4v) is 3.65. The van der Waals surface area contributed by atoms with Crippen molar-refractivity contribution in [1.82, 2.24) is 25.2 Å². The van der Waals surface area contributed by atoms with E-state index in [-0.39, 0.29) is 24.0 Å². The van der Waals surface area contributed by atoms with Crippen molar-refractivity contribution in [3.05, 3.63) is 71.9 Å². The van der Waals surface area contributed by atoms with Crippen LogP contribution in [0.1, 0.15) is 30.0 Å². The highest BCUT2D eigenvalue weighted by atomic mass is 127. The molecule has 0 radical (unpaired) electrons. The van der Waals surface area contributed by atoms with Gasteiger partial charge in [-0.25, -0.2) is 15.0 Å². The number of nitrogens with zero attached hydrogens (tertiary/aromatic N) is 4. The zero-order chi connectivity index (χ0) is 22.9. The molecule has 4 rings (SSSR count). The maximum Gasteiger partial charge on any atom is 0.191 e. The highest BCUT2D eigenvalue weighted by Crippen LogP contribution is 2.22. The molecule has 2 aromatic heterocycles. The van der Waals surface area contributed by atoms with E-state index in [1.54, 1.807) is 18.7 Å². The number of rotatable bonds is 9. The fourth-order valence-electron chi connectivity index (χ4n) is 3.65. The van der Waals surface area contributed by atoms with Gasteiger partial charge in [0.05, 0.1) is 19.8 Å². The summed E-state index contributed by atoms with van der Waals surface area (Å²) in [6.45, 7) is 8.39. The fraction of sp³-hybridized carbons (Fsp3) is 0.400. The number of hydrogen-bond acceptors (Lipinski definition) is 5. The minimum atomic E-state index is 0. The number of imidazole rings is 1. The molecule has 2 N–H and O–H groups in total. The molecule has 1 atom stereocenters. The highest BCUT2D eigenvalue weighted by molar-refractivity contribution is 14.0. The van der Waals surface area contributed by atoms with Crippen LogP contribution in [0, 0.1) is 12.8 Å². The summed E-state index contributed by atoms with van der Waals surface area (Å²) in [6, 6.07) is 10.3. The van der Waals surface area contributed by atoms with Gasteiger partial charge in [0.25, 0.3) is 0 Å². The maximum absolute atomic E-state index is 6.18. The molecule has 182 valence electrons. The summed E-state index contributed by atoms with van der Waals surface area (Å²) in [5, 5.41) is 6.76. The third-order valence-corrected chi connectivity index (χ3v) is 5.51. The molecule has 1 aromatic carbocycles. The van der Waals surface area contributed by atoms with Gasteiger partial charge in [0.1, 0.15) is 17.9 Å². The van der Waals surface area contributed by atoms with Gasteiger partial charge in [-0.1, -0.05) is 12.1 Å². The van der Waals surface area contributed by atoms with Crippen molar-refractivity contribution >= 4 is 29.9 Å². The van der Waals surface area contributed by atoms with Crippen LogP contribution in [0.2, 0.25) is 0 Å². The Balaban J connectivity index is 0.00000324. The van der Waals surface area contributed by atoms with Crippen molar-refractivity contribution in [2.24, 2.45) is 10.9 Å². The number of ether oxygens (including phenoxy) is 2. The molecule has 8 nitrogen and oxygen atoms in total. The van der Waals surface area contributed by atoms with Crippen LogP contribution in [0.3, 0.4) is 0 Å². The van der Waals surface area contributed by atoms with Gasteiger partial charge in [0.15, 0.2) is 5.96 Å². The van der Waals surface area contributed by atoms with Gasteiger partial charge in [-0.15, -0.1) is 24.0 Å². The van der Waals surface area contributed by atoms with Gasteiger partial charge < -0.3 is 20.1 Å². The summed E-state index contributed by atoms with van der Waals surface area (Å²) in [4.78, 5) is 13.3. The van der Waals surface area contributed by atoms with Crippen LogP contribution in [0.25, 0.3) is 5.82 Å². The third kappa shape index (κ3) is 7.42. The Kier molecular flexibility index (Phi) is 10.1. The lowest BCUT2D eigenvalue weighted by molar-refractivity contribution is 0.166. The zero-order valence-electron chi connectivity index (χ0n) is 19.7. The van der Waals surface area contributed by atoms with Gasteiger partial charge >= 0.3 is 0 Å². The summed E-state index contributed by atoms with van der Waals surface area (Å²) in [7, 11) is 0. The molecule has 0 amide bonds. The molecule has 0 saturated carbocycles. The van der Waals surface area contributed by atoms with Crippen molar-refractivity contribution < 1.29 is 9.47 Å². The van der Waals surface area contributed by atoms with E-state index in [1.165, 1.54) is 5.56 Å². The number of halogens is 1.